The number of allylic oxidation sites excluding steroid dienone is 4. The highest BCUT2D eigenvalue weighted by molar-refractivity contribution is 4.82. The van der Waals surface area contributed by atoms with Crippen molar-refractivity contribution in [3.8, 4) is 0 Å². The Morgan fingerprint density at radius 2 is 0.468 bits per heavy atom. The first-order valence-corrected chi connectivity index (χ1v) is 41.7. The van der Waals surface area contributed by atoms with E-state index in [-0.39, 0.29) is 34.0 Å². The molecule has 0 atom stereocenters. The van der Waals surface area contributed by atoms with E-state index in [0.717, 1.165) is 105 Å². The lowest BCUT2D eigenvalue weighted by molar-refractivity contribution is -0.932. The molecule has 0 unspecified atom stereocenters. The van der Waals surface area contributed by atoms with E-state index in [2.05, 4.69) is 61.8 Å². The molecule has 0 aromatic carbocycles. The molecule has 12 heteroatoms. The van der Waals surface area contributed by atoms with Gasteiger partial charge in [0.15, 0.2) is 0 Å². The Morgan fingerprint density at radius 1 is 0.255 bits per heavy atom. The van der Waals surface area contributed by atoms with Gasteiger partial charge >= 0.3 is 0 Å². The summed E-state index contributed by atoms with van der Waals surface area (Å²) in [7, 11) is 0. The summed E-state index contributed by atoms with van der Waals surface area (Å²) in [5.41, 5.74) is 11.8. The highest BCUT2D eigenvalue weighted by Crippen LogP contribution is 2.19. The number of quaternary nitrogens is 2. The molecule has 2 saturated heterocycles. The molecule has 2 rings (SSSR count). The van der Waals surface area contributed by atoms with Gasteiger partial charge in [-0.2, -0.15) is 0 Å². The average Bonchev–Trinajstić information content (AvgIpc) is 0.952. The van der Waals surface area contributed by atoms with Gasteiger partial charge in [-0.1, -0.05) is 283 Å². The Balaban J connectivity index is 0. The molecule has 2 heterocycles. The Hall–Kier alpha value is 0.0400. The van der Waals surface area contributed by atoms with E-state index < -0.39 is 0 Å². The Morgan fingerprint density at radius 3 is 0.702 bits per heavy atom. The summed E-state index contributed by atoms with van der Waals surface area (Å²) in [6.45, 7) is 34.6. The molecule has 0 spiro atoms. The first kappa shape index (κ1) is 96.1. The monoisotopic (exact) mass is 1460 g/mol. The van der Waals surface area contributed by atoms with Crippen LogP contribution < -0.4 is 45.4 Å². The lowest BCUT2D eigenvalue weighted by Crippen LogP contribution is -3.00. The average molecular weight is 1460 g/mol. The van der Waals surface area contributed by atoms with Crippen molar-refractivity contribution in [3.63, 3.8) is 0 Å². The number of hydrogen-bond acceptors (Lipinski definition) is 8. The topological polar surface area (TPSA) is 95.4 Å². The molecule has 0 aliphatic carbocycles. The molecule has 0 radical (unpaired) electrons. The van der Waals surface area contributed by atoms with Crippen molar-refractivity contribution in [1.82, 2.24) is 9.80 Å². The van der Waals surface area contributed by atoms with Gasteiger partial charge in [-0.3, -0.25) is 9.80 Å². The van der Waals surface area contributed by atoms with Gasteiger partial charge in [0.05, 0.1) is 65.7 Å². The van der Waals surface area contributed by atoms with Crippen molar-refractivity contribution in [2.75, 3.05) is 158 Å². The summed E-state index contributed by atoms with van der Waals surface area (Å²) in [6.07, 6.45) is 77.6. The Labute approximate surface area is 610 Å². The lowest BCUT2D eigenvalue weighted by atomic mass is 10.1. The van der Waals surface area contributed by atoms with Gasteiger partial charge < -0.3 is 73.3 Å². The van der Waals surface area contributed by atoms with Gasteiger partial charge in [0.1, 0.15) is 13.1 Å². The van der Waals surface area contributed by atoms with Gasteiger partial charge in [0.2, 0.25) is 0 Å². The van der Waals surface area contributed by atoms with Crippen LogP contribution in [0.25, 0.3) is 0 Å². The summed E-state index contributed by atoms with van der Waals surface area (Å²) >= 11 is 0. The second-order valence-electron chi connectivity index (χ2n) is 29.1. The smallest absolute Gasteiger partial charge is 0.102 e. The number of hydrogen-bond donors (Lipinski definition) is 2. The largest absolute Gasteiger partial charge is 1.00 e. The van der Waals surface area contributed by atoms with Crippen LogP contribution in [-0.4, -0.2) is 176 Å². The van der Waals surface area contributed by atoms with E-state index in [4.69, 9.17) is 30.4 Å². The third-order valence-electron chi connectivity index (χ3n) is 20.6. The highest BCUT2D eigenvalue weighted by atomic mass is 79.9. The second-order valence-corrected chi connectivity index (χ2v) is 29.1. The highest BCUT2D eigenvalue weighted by Gasteiger charge is 2.33. The zero-order valence-electron chi connectivity index (χ0n) is 64.0. The predicted molar refractivity (Wildman–Crippen MR) is 406 cm³/mol. The standard InChI is InChI=1S/C47H94N3O2.C35H74N3O2.2BrH/c1-3-5-7-9-11-13-15-17-19-21-23-25-27-29-31-33-44-51-46-39-49-37-41-50(42-38-49,40-35-36-48)43-47-52-45-34-32-30-28-26-24-22-20-18-16-14-12-10-8-6-4-2;1-3-5-7-9-11-13-15-17-19-21-32-39-34-27-37-25-29-38(30-26-37,28-23-24-36)31-35-40-33-22-20-18-16-14-12-10-8-6-4-2;;/h17-20H,3-16,21-48H2,1-2H3;3-36H2,1-2H3;2*1H/q2*+1;;/p-2/b19-17-,20-18-;;;. The van der Waals surface area contributed by atoms with Crippen LogP contribution in [0.5, 0.6) is 0 Å². The molecule has 2 fully saturated rings. The van der Waals surface area contributed by atoms with E-state index >= 15 is 0 Å². The molecule has 4 N–H and O–H groups in total. The molecule has 564 valence electrons. The number of nitrogens with two attached hydrogens (primary N) is 2. The van der Waals surface area contributed by atoms with E-state index in [1.165, 1.54) is 383 Å². The number of rotatable bonds is 72. The third-order valence-corrected chi connectivity index (χ3v) is 20.6. The second kappa shape index (κ2) is 78.8. The Kier molecular flexibility index (Phi) is 80.5. The molecule has 10 nitrogen and oxygen atoms in total. The van der Waals surface area contributed by atoms with Crippen molar-refractivity contribution >= 4 is 0 Å². The van der Waals surface area contributed by atoms with Crippen molar-refractivity contribution in [1.29, 1.82) is 0 Å². The van der Waals surface area contributed by atoms with Gasteiger partial charge in [0, 0.05) is 78.5 Å². The van der Waals surface area contributed by atoms with Crippen molar-refractivity contribution in [2.24, 2.45) is 11.5 Å². The minimum atomic E-state index is 0. The van der Waals surface area contributed by atoms with Crippen LogP contribution in [0, 0.1) is 0 Å². The van der Waals surface area contributed by atoms with Crippen molar-refractivity contribution in [3.05, 3.63) is 24.3 Å². The molecule has 2 aliphatic heterocycles. The normalized spacial score (nSPS) is 15.0. The maximum absolute atomic E-state index is 6.17. The zero-order chi connectivity index (χ0) is 66.1. The SMILES string of the molecule is CCCCCCCC/C=C\CCCCCCCCOCCN1CC[N+](CCCN)(CCOCCCCCCCC/C=C\CCCCCCCC)CC1.CCCCCCCCCCCCOCCN1CC[N+](CCCN)(CCOCCCCCCCCCCCC)CC1.[Br-].[Br-]. The van der Waals surface area contributed by atoms with Crippen LogP contribution in [0.4, 0.5) is 0 Å². The fraction of sp³-hybridized carbons (Fsp3) is 0.951. The van der Waals surface area contributed by atoms with Crippen molar-refractivity contribution < 1.29 is 61.9 Å². The van der Waals surface area contributed by atoms with Gasteiger partial charge in [-0.05, 0) is 90.1 Å². The van der Waals surface area contributed by atoms with Crippen LogP contribution in [0.3, 0.4) is 0 Å². The third kappa shape index (κ3) is 65.4. The maximum atomic E-state index is 6.17. The summed E-state index contributed by atoms with van der Waals surface area (Å²) in [4.78, 5) is 5.23. The molecule has 0 aromatic heterocycles. The fourth-order valence-electron chi connectivity index (χ4n) is 13.9. The van der Waals surface area contributed by atoms with Crippen LogP contribution in [0.2, 0.25) is 0 Å². The molecule has 94 heavy (non-hydrogen) atoms. The zero-order valence-corrected chi connectivity index (χ0v) is 67.1. The lowest BCUT2D eigenvalue weighted by Gasteiger charge is -2.45. The summed E-state index contributed by atoms with van der Waals surface area (Å²) < 4.78 is 26.7. The van der Waals surface area contributed by atoms with Crippen LogP contribution in [0.1, 0.15) is 349 Å². The van der Waals surface area contributed by atoms with Gasteiger partial charge in [0.25, 0.3) is 0 Å². The fourth-order valence-corrected chi connectivity index (χ4v) is 13.9. The predicted octanol–water partition coefficient (Wildman–Crippen LogP) is 14.9. The van der Waals surface area contributed by atoms with Crippen LogP contribution >= 0.6 is 0 Å². The number of halogens is 2. The van der Waals surface area contributed by atoms with E-state index in [1.54, 1.807) is 0 Å². The number of unbranched alkanes of at least 4 members (excludes halogenated alkanes) is 42. The minimum Gasteiger partial charge on any atom is -1.00 e. The quantitative estimate of drug-likeness (QED) is 0.0353. The van der Waals surface area contributed by atoms with E-state index in [9.17, 15) is 0 Å². The molecule has 0 bridgehead atoms. The number of nitrogens with zero attached hydrogens (tertiary/aromatic N) is 4. The van der Waals surface area contributed by atoms with Gasteiger partial charge in [-0.25, -0.2) is 0 Å². The molecular formula is C82H168Br2N6O4. The summed E-state index contributed by atoms with van der Waals surface area (Å²) in [5.74, 6) is 0. The molecule has 0 amide bonds. The molecule has 2 aliphatic rings. The summed E-state index contributed by atoms with van der Waals surface area (Å²) in [6, 6.07) is 0. The Bertz CT molecular complexity index is 1470. The van der Waals surface area contributed by atoms with Crippen LogP contribution in [-0.2, 0) is 18.9 Å². The molecule has 0 saturated carbocycles. The number of piperazine rings is 2. The molecule has 0 aromatic rings. The van der Waals surface area contributed by atoms with Gasteiger partial charge in [-0.15, -0.1) is 0 Å². The first-order valence-electron chi connectivity index (χ1n) is 41.7. The molecular weight excluding hydrogens is 1290 g/mol. The summed E-state index contributed by atoms with van der Waals surface area (Å²) in [5, 5.41) is 0. The maximum Gasteiger partial charge on any atom is 0.102 e. The van der Waals surface area contributed by atoms with Crippen LogP contribution in [0.15, 0.2) is 24.3 Å². The van der Waals surface area contributed by atoms with Crippen molar-refractivity contribution in [2.45, 2.75) is 349 Å². The first-order chi connectivity index (χ1) is 45.5. The van der Waals surface area contributed by atoms with E-state index in [1.807, 2.05) is 0 Å². The van der Waals surface area contributed by atoms with E-state index in [0.29, 0.717) is 0 Å². The number of ether oxygens (including phenoxy) is 4. The minimum absolute atomic E-state index is 0.